The fraction of sp³-hybridized carbons (Fsp3) is 0.421. The Labute approximate surface area is 174 Å². The van der Waals surface area contributed by atoms with Gasteiger partial charge in [0.25, 0.3) is 5.91 Å². The molecule has 160 valence electrons. The number of rotatable bonds is 9. The summed E-state index contributed by atoms with van der Waals surface area (Å²) in [5, 5.41) is 19.6. The molecule has 11 nitrogen and oxygen atoms in total. The molecular formula is C19H27N9O2. The van der Waals surface area contributed by atoms with Gasteiger partial charge in [-0.1, -0.05) is 0 Å². The summed E-state index contributed by atoms with van der Waals surface area (Å²) in [6.07, 6.45) is 1.84. The molecule has 2 atom stereocenters. The van der Waals surface area contributed by atoms with Crippen LogP contribution in [0.5, 0.6) is 0 Å². The number of nitrogens with two attached hydrogens (primary N) is 2. The van der Waals surface area contributed by atoms with Crippen LogP contribution in [0.25, 0.3) is 10.9 Å². The average Bonchev–Trinajstić information content (AvgIpc) is 3.11. The second-order valence-corrected chi connectivity index (χ2v) is 7.06. The summed E-state index contributed by atoms with van der Waals surface area (Å²) < 4.78 is 6.97. The maximum atomic E-state index is 11.8. The van der Waals surface area contributed by atoms with Gasteiger partial charge in [-0.25, -0.2) is 0 Å². The Morgan fingerprint density at radius 3 is 2.77 bits per heavy atom. The van der Waals surface area contributed by atoms with Crippen molar-refractivity contribution in [3.8, 4) is 0 Å². The van der Waals surface area contributed by atoms with Gasteiger partial charge in [0.05, 0.1) is 18.3 Å². The van der Waals surface area contributed by atoms with E-state index in [0.29, 0.717) is 6.61 Å². The molecule has 0 saturated heterocycles. The van der Waals surface area contributed by atoms with Crippen LogP contribution in [0.4, 0.5) is 17.5 Å². The first-order valence-corrected chi connectivity index (χ1v) is 9.62. The third-order valence-electron chi connectivity index (χ3n) is 4.81. The minimum Gasteiger partial charge on any atom is -0.383 e. The molecule has 0 fully saturated rings. The van der Waals surface area contributed by atoms with Crippen molar-refractivity contribution in [2.24, 2.45) is 11.5 Å². The number of aryl methyl sites for hydroxylation is 2. The molecule has 0 aliphatic heterocycles. The molecular weight excluding hydrogens is 386 g/mol. The smallest absolute Gasteiger partial charge is 0.273 e. The Balaban J connectivity index is 1.94. The van der Waals surface area contributed by atoms with Crippen molar-refractivity contribution in [1.29, 1.82) is 0 Å². The highest BCUT2D eigenvalue weighted by Crippen LogP contribution is 2.26. The molecule has 1 amide bonds. The van der Waals surface area contributed by atoms with Crippen LogP contribution in [0.3, 0.4) is 0 Å². The van der Waals surface area contributed by atoms with Crippen LogP contribution < -0.4 is 22.1 Å². The standard InChI is InChI=1S/C19H27N9O2/c1-5-28-15-7-12(6-10(2)13(15)8-22-28)24-18-16(17(21)29)26-27-19(25-18)23-11(3)14(20)9-30-4/h6-8,11,14H,5,9,20H2,1-4H3,(H2,21,29)(H2,23,24,25,27)/t11-,14+/m1/s1. The van der Waals surface area contributed by atoms with Crippen molar-refractivity contribution in [2.75, 3.05) is 24.4 Å². The monoisotopic (exact) mass is 413 g/mol. The van der Waals surface area contributed by atoms with E-state index in [1.807, 2.05) is 43.8 Å². The Bertz CT molecular complexity index is 1050. The zero-order chi connectivity index (χ0) is 21.8. The van der Waals surface area contributed by atoms with Crippen molar-refractivity contribution >= 4 is 34.3 Å². The summed E-state index contributed by atoms with van der Waals surface area (Å²) in [4.78, 5) is 16.2. The topological polar surface area (TPSA) is 159 Å². The summed E-state index contributed by atoms with van der Waals surface area (Å²) in [7, 11) is 1.58. The third-order valence-corrected chi connectivity index (χ3v) is 4.81. The van der Waals surface area contributed by atoms with Crippen molar-refractivity contribution in [2.45, 2.75) is 39.4 Å². The molecule has 0 unspecified atom stereocenters. The maximum Gasteiger partial charge on any atom is 0.273 e. The first-order chi connectivity index (χ1) is 14.3. The van der Waals surface area contributed by atoms with E-state index < -0.39 is 5.91 Å². The zero-order valence-electron chi connectivity index (χ0n) is 17.5. The molecule has 0 saturated carbocycles. The van der Waals surface area contributed by atoms with E-state index in [1.165, 1.54) is 0 Å². The summed E-state index contributed by atoms with van der Waals surface area (Å²) >= 11 is 0. The second kappa shape index (κ2) is 9.01. The fourth-order valence-electron chi connectivity index (χ4n) is 3.10. The van der Waals surface area contributed by atoms with Gasteiger partial charge in [-0.3, -0.25) is 9.48 Å². The van der Waals surface area contributed by atoms with Gasteiger partial charge < -0.3 is 26.8 Å². The third kappa shape index (κ3) is 4.47. The molecule has 2 aromatic heterocycles. The summed E-state index contributed by atoms with van der Waals surface area (Å²) in [6, 6.07) is 3.43. The largest absolute Gasteiger partial charge is 0.383 e. The normalized spacial score (nSPS) is 13.2. The molecule has 30 heavy (non-hydrogen) atoms. The Morgan fingerprint density at radius 2 is 2.10 bits per heavy atom. The van der Waals surface area contributed by atoms with E-state index in [9.17, 15) is 4.79 Å². The molecule has 3 aromatic rings. The summed E-state index contributed by atoms with van der Waals surface area (Å²) in [5.74, 6) is -0.309. The number of hydrogen-bond donors (Lipinski definition) is 4. The number of carbonyl (C=O) groups is 1. The van der Waals surface area contributed by atoms with Gasteiger partial charge in [-0.2, -0.15) is 10.1 Å². The lowest BCUT2D eigenvalue weighted by Crippen LogP contribution is -2.41. The van der Waals surface area contributed by atoms with Crippen molar-refractivity contribution in [3.05, 3.63) is 29.6 Å². The molecule has 3 rings (SSSR count). The fourth-order valence-corrected chi connectivity index (χ4v) is 3.10. The minimum absolute atomic E-state index is 0.0591. The molecule has 0 radical (unpaired) electrons. The highest BCUT2D eigenvalue weighted by molar-refractivity contribution is 5.96. The van der Waals surface area contributed by atoms with Gasteiger partial charge in [0.1, 0.15) is 0 Å². The van der Waals surface area contributed by atoms with Crippen molar-refractivity contribution in [1.82, 2.24) is 25.0 Å². The van der Waals surface area contributed by atoms with Crippen LogP contribution in [0.15, 0.2) is 18.3 Å². The van der Waals surface area contributed by atoms with Crippen LogP contribution in [-0.4, -0.2) is 56.7 Å². The number of methoxy groups -OCH3 is 1. The van der Waals surface area contributed by atoms with Gasteiger partial charge >= 0.3 is 0 Å². The summed E-state index contributed by atoms with van der Waals surface area (Å²) in [6.45, 7) is 7.01. The Kier molecular flexibility index (Phi) is 6.43. The van der Waals surface area contributed by atoms with Gasteiger partial charge in [0.15, 0.2) is 11.5 Å². The Morgan fingerprint density at radius 1 is 1.33 bits per heavy atom. The number of anilines is 3. The van der Waals surface area contributed by atoms with E-state index >= 15 is 0 Å². The molecule has 0 aliphatic rings. The van der Waals surface area contributed by atoms with E-state index in [1.54, 1.807) is 7.11 Å². The molecule has 0 bridgehead atoms. The number of nitrogens with one attached hydrogen (secondary N) is 2. The van der Waals surface area contributed by atoms with Gasteiger partial charge in [0, 0.05) is 36.8 Å². The van der Waals surface area contributed by atoms with Gasteiger partial charge in [0.2, 0.25) is 5.95 Å². The molecule has 0 spiro atoms. The maximum absolute atomic E-state index is 11.8. The van der Waals surface area contributed by atoms with Crippen molar-refractivity contribution < 1.29 is 9.53 Å². The predicted octanol–water partition coefficient (Wildman–Crippen LogP) is 1.17. The molecule has 0 aliphatic carbocycles. The SMILES string of the molecule is CCn1ncc2c(C)cc(Nc3nc(N[C@H](C)[C@@H](N)COC)nnc3C(N)=O)cc21. The zero-order valence-corrected chi connectivity index (χ0v) is 17.5. The molecule has 1 aromatic carbocycles. The predicted molar refractivity (Wildman–Crippen MR) is 115 cm³/mol. The first kappa shape index (κ1) is 21.4. The van der Waals surface area contributed by atoms with Crippen LogP contribution in [0, 0.1) is 6.92 Å². The number of hydrogen-bond acceptors (Lipinski definition) is 9. The lowest BCUT2D eigenvalue weighted by atomic mass is 10.1. The number of nitrogens with zero attached hydrogens (tertiary/aromatic N) is 5. The molecule has 2 heterocycles. The number of carbonyl (C=O) groups excluding carboxylic acids is 1. The summed E-state index contributed by atoms with van der Waals surface area (Å²) in [5.41, 5.74) is 14.2. The molecule has 6 N–H and O–H groups in total. The number of benzene rings is 1. The highest BCUT2D eigenvalue weighted by atomic mass is 16.5. The van der Waals surface area contributed by atoms with E-state index in [-0.39, 0.29) is 29.5 Å². The quantitative estimate of drug-likeness (QED) is 0.404. The number of fused-ring (bicyclic) bond motifs is 1. The van der Waals surface area contributed by atoms with Crippen LogP contribution >= 0.6 is 0 Å². The van der Waals surface area contributed by atoms with Crippen LogP contribution in [-0.2, 0) is 11.3 Å². The van der Waals surface area contributed by atoms with Gasteiger partial charge in [-0.15, -0.1) is 10.2 Å². The Hall–Kier alpha value is -3.31. The minimum atomic E-state index is -0.732. The second-order valence-electron chi connectivity index (χ2n) is 7.06. The van der Waals surface area contributed by atoms with E-state index in [0.717, 1.165) is 28.7 Å². The lowest BCUT2D eigenvalue weighted by Gasteiger charge is -2.20. The highest BCUT2D eigenvalue weighted by Gasteiger charge is 2.18. The van der Waals surface area contributed by atoms with Gasteiger partial charge in [-0.05, 0) is 38.5 Å². The van der Waals surface area contributed by atoms with Crippen LogP contribution in [0.2, 0.25) is 0 Å². The first-order valence-electron chi connectivity index (χ1n) is 9.62. The lowest BCUT2D eigenvalue weighted by molar-refractivity contribution is 0.0995. The van der Waals surface area contributed by atoms with Crippen molar-refractivity contribution in [3.63, 3.8) is 0 Å². The number of ether oxygens (including phenoxy) is 1. The number of aromatic nitrogens is 5. The number of amides is 1. The van der Waals surface area contributed by atoms with E-state index in [4.69, 9.17) is 16.2 Å². The molecule has 11 heteroatoms. The average molecular weight is 413 g/mol. The number of primary amides is 1. The van der Waals surface area contributed by atoms with Crippen LogP contribution in [0.1, 0.15) is 29.9 Å². The van der Waals surface area contributed by atoms with E-state index in [2.05, 4.69) is 30.9 Å².